The molecule has 0 aliphatic rings. The lowest BCUT2D eigenvalue weighted by molar-refractivity contribution is 0.0312. The van der Waals surface area contributed by atoms with Crippen molar-refractivity contribution >= 4 is 0 Å². The highest BCUT2D eigenvalue weighted by Gasteiger charge is 2.25. The summed E-state index contributed by atoms with van der Waals surface area (Å²) in [6.45, 7) is 10.7. The predicted octanol–water partition coefficient (Wildman–Crippen LogP) is 3.61. The molecule has 0 heterocycles. The molecule has 0 aromatic heterocycles. The van der Waals surface area contributed by atoms with Crippen LogP contribution in [0.4, 0.5) is 0 Å². The van der Waals surface area contributed by atoms with Crippen LogP contribution in [0.3, 0.4) is 0 Å². The highest BCUT2D eigenvalue weighted by molar-refractivity contribution is 4.76. The van der Waals surface area contributed by atoms with Crippen molar-refractivity contribution in [2.75, 3.05) is 6.61 Å². The smallest absolute Gasteiger partial charge is 0.0593 e. The molecule has 5 unspecified atom stereocenters. The van der Waals surface area contributed by atoms with E-state index in [1.54, 1.807) is 0 Å². The van der Waals surface area contributed by atoms with Crippen LogP contribution in [-0.4, -0.2) is 34.1 Å². The molecule has 0 fully saturated rings. The van der Waals surface area contributed by atoms with Gasteiger partial charge in [-0.1, -0.05) is 47.5 Å². The van der Waals surface area contributed by atoms with E-state index in [1.165, 1.54) is 0 Å². The molecule has 0 saturated carbocycles. The Labute approximate surface area is 131 Å². The van der Waals surface area contributed by atoms with Crippen LogP contribution in [0.2, 0.25) is 0 Å². The Morgan fingerprint density at radius 2 is 1.38 bits per heavy atom. The number of hydrogen-bond donors (Lipinski definition) is 3. The summed E-state index contributed by atoms with van der Waals surface area (Å²) in [7, 11) is 0. The molecular weight excluding hydrogens is 264 g/mol. The summed E-state index contributed by atoms with van der Waals surface area (Å²) in [5, 5.41) is 29.5. The molecule has 0 aromatic rings. The topological polar surface area (TPSA) is 60.7 Å². The van der Waals surface area contributed by atoms with E-state index in [1.807, 2.05) is 13.8 Å². The van der Waals surface area contributed by atoms with Gasteiger partial charge in [0.15, 0.2) is 0 Å². The molecule has 5 atom stereocenters. The molecule has 0 rings (SSSR count). The first-order valence-electron chi connectivity index (χ1n) is 8.80. The molecular formula is C18H38O3. The number of aliphatic hydroxyl groups is 3. The minimum Gasteiger partial charge on any atom is -0.396 e. The van der Waals surface area contributed by atoms with Crippen LogP contribution in [0.15, 0.2) is 0 Å². The molecule has 128 valence electrons. The van der Waals surface area contributed by atoms with Gasteiger partial charge in [0.25, 0.3) is 0 Å². The average molecular weight is 302 g/mol. The number of rotatable bonds is 12. The van der Waals surface area contributed by atoms with Crippen molar-refractivity contribution in [1.29, 1.82) is 0 Å². The number of hydrogen-bond acceptors (Lipinski definition) is 3. The zero-order valence-electron chi connectivity index (χ0n) is 14.8. The van der Waals surface area contributed by atoms with E-state index in [2.05, 4.69) is 20.8 Å². The third-order valence-electron chi connectivity index (χ3n) is 4.96. The van der Waals surface area contributed by atoms with Crippen molar-refractivity contribution in [3.63, 3.8) is 0 Å². The normalized spacial score (nSPS) is 19.3. The van der Waals surface area contributed by atoms with Crippen LogP contribution in [-0.2, 0) is 0 Å². The summed E-state index contributed by atoms with van der Waals surface area (Å²) in [5.41, 5.74) is 0. The van der Waals surface area contributed by atoms with Crippen LogP contribution in [0.5, 0.6) is 0 Å². The summed E-state index contributed by atoms with van der Waals surface area (Å²) >= 11 is 0. The van der Waals surface area contributed by atoms with E-state index in [9.17, 15) is 10.2 Å². The highest BCUT2D eigenvalue weighted by Crippen LogP contribution is 2.28. The zero-order chi connectivity index (χ0) is 16.4. The van der Waals surface area contributed by atoms with E-state index < -0.39 is 0 Å². The lowest BCUT2D eigenvalue weighted by Gasteiger charge is -2.29. The maximum absolute atomic E-state index is 10.5. The van der Waals surface area contributed by atoms with Crippen molar-refractivity contribution in [3.8, 4) is 0 Å². The Balaban J connectivity index is 4.46. The SMILES string of the molecule is CCC(C)C(O)C(CCC(C)CCO)CCC(O)C(C)C. The van der Waals surface area contributed by atoms with Gasteiger partial charge in [-0.05, 0) is 49.4 Å². The van der Waals surface area contributed by atoms with Crippen LogP contribution >= 0.6 is 0 Å². The van der Waals surface area contributed by atoms with Crippen molar-refractivity contribution in [1.82, 2.24) is 0 Å². The molecule has 3 heteroatoms. The minimum atomic E-state index is -0.282. The van der Waals surface area contributed by atoms with Crippen molar-refractivity contribution in [2.24, 2.45) is 23.7 Å². The Morgan fingerprint density at radius 1 is 0.810 bits per heavy atom. The second-order valence-electron chi connectivity index (χ2n) is 7.22. The monoisotopic (exact) mass is 302 g/mol. The first-order valence-corrected chi connectivity index (χ1v) is 8.80. The van der Waals surface area contributed by atoms with Gasteiger partial charge in [0, 0.05) is 6.61 Å². The lowest BCUT2D eigenvalue weighted by Crippen LogP contribution is -2.29. The first kappa shape index (κ1) is 20.9. The van der Waals surface area contributed by atoms with E-state index in [0.29, 0.717) is 11.8 Å². The van der Waals surface area contributed by atoms with Gasteiger partial charge >= 0.3 is 0 Å². The molecule has 0 aliphatic carbocycles. The van der Waals surface area contributed by atoms with Gasteiger partial charge in [0.2, 0.25) is 0 Å². The fourth-order valence-corrected chi connectivity index (χ4v) is 2.77. The standard InChI is InChI=1S/C18H38O3/c1-6-15(5)18(21)16(8-7-14(4)11-12-19)9-10-17(20)13(2)3/h13-21H,6-12H2,1-5H3. The van der Waals surface area contributed by atoms with Gasteiger partial charge in [-0.2, -0.15) is 0 Å². The summed E-state index contributed by atoms with van der Waals surface area (Å²) < 4.78 is 0. The molecule has 0 radical (unpaired) electrons. The van der Waals surface area contributed by atoms with Gasteiger partial charge in [-0.3, -0.25) is 0 Å². The second kappa shape index (κ2) is 11.4. The summed E-state index contributed by atoms with van der Waals surface area (Å²) in [6.07, 6.45) is 4.94. The highest BCUT2D eigenvalue weighted by atomic mass is 16.3. The van der Waals surface area contributed by atoms with E-state index in [-0.39, 0.29) is 30.7 Å². The molecule has 0 spiro atoms. The number of aliphatic hydroxyl groups excluding tert-OH is 3. The maximum atomic E-state index is 10.5. The molecule has 0 aliphatic heterocycles. The fraction of sp³-hybridized carbons (Fsp3) is 1.00. The van der Waals surface area contributed by atoms with E-state index in [0.717, 1.165) is 38.5 Å². The predicted molar refractivity (Wildman–Crippen MR) is 89.1 cm³/mol. The van der Waals surface area contributed by atoms with Crippen molar-refractivity contribution in [2.45, 2.75) is 85.4 Å². The Kier molecular flexibility index (Phi) is 11.4. The third kappa shape index (κ3) is 8.80. The molecule has 0 bridgehead atoms. The van der Waals surface area contributed by atoms with Gasteiger partial charge in [-0.15, -0.1) is 0 Å². The summed E-state index contributed by atoms with van der Waals surface area (Å²) in [4.78, 5) is 0. The summed E-state index contributed by atoms with van der Waals surface area (Å²) in [5.74, 6) is 1.34. The molecule has 0 saturated heterocycles. The maximum Gasteiger partial charge on any atom is 0.0593 e. The largest absolute Gasteiger partial charge is 0.396 e. The summed E-state index contributed by atoms with van der Waals surface area (Å²) in [6, 6.07) is 0. The third-order valence-corrected chi connectivity index (χ3v) is 4.96. The Bertz CT molecular complexity index is 243. The van der Waals surface area contributed by atoms with Crippen molar-refractivity contribution < 1.29 is 15.3 Å². The zero-order valence-corrected chi connectivity index (χ0v) is 14.8. The minimum absolute atomic E-state index is 0.242. The van der Waals surface area contributed by atoms with Crippen LogP contribution in [0.25, 0.3) is 0 Å². The van der Waals surface area contributed by atoms with Gasteiger partial charge in [-0.25, -0.2) is 0 Å². The molecule has 3 N–H and O–H groups in total. The van der Waals surface area contributed by atoms with E-state index >= 15 is 0 Å². The van der Waals surface area contributed by atoms with Gasteiger partial charge < -0.3 is 15.3 Å². The average Bonchev–Trinajstić information content (AvgIpc) is 2.45. The van der Waals surface area contributed by atoms with Crippen LogP contribution < -0.4 is 0 Å². The quantitative estimate of drug-likeness (QED) is 0.516. The Hall–Kier alpha value is -0.120. The van der Waals surface area contributed by atoms with Gasteiger partial charge in [0.1, 0.15) is 0 Å². The van der Waals surface area contributed by atoms with Gasteiger partial charge in [0.05, 0.1) is 12.2 Å². The molecule has 0 amide bonds. The Morgan fingerprint density at radius 3 is 1.86 bits per heavy atom. The lowest BCUT2D eigenvalue weighted by atomic mass is 9.81. The molecule has 0 aromatic carbocycles. The molecule has 21 heavy (non-hydrogen) atoms. The van der Waals surface area contributed by atoms with Crippen LogP contribution in [0, 0.1) is 23.7 Å². The van der Waals surface area contributed by atoms with E-state index in [4.69, 9.17) is 5.11 Å². The fourth-order valence-electron chi connectivity index (χ4n) is 2.77. The first-order chi connectivity index (χ1) is 9.83. The van der Waals surface area contributed by atoms with Crippen molar-refractivity contribution in [3.05, 3.63) is 0 Å². The second-order valence-corrected chi connectivity index (χ2v) is 7.22. The molecule has 3 nitrogen and oxygen atoms in total. The van der Waals surface area contributed by atoms with Crippen LogP contribution in [0.1, 0.15) is 73.1 Å².